The van der Waals surface area contributed by atoms with Crippen LogP contribution >= 0.6 is 0 Å². The molecule has 1 aliphatic rings. The van der Waals surface area contributed by atoms with Crippen molar-refractivity contribution in [2.75, 3.05) is 19.0 Å². The average Bonchev–Trinajstić information content (AvgIpc) is 2.84. The molecule has 0 aliphatic heterocycles. The highest BCUT2D eigenvalue weighted by Gasteiger charge is 2.29. The van der Waals surface area contributed by atoms with E-state index in [1.807, 2.05) is 24.3 Å². The predicted octanol–water partition coefficient (Wildman–Crippen LogP) is 3.73. The number of ether oxygens (including phenoxy) is 2. The van der Waals surface area contributed by atoms with Crippen molar-refractivity contribution in [2.24, 2.45) is 0 Å². The van der Waals surface area contributed by atoms with Gasteiger partial charge >= 0.3 is 5.97 Å². The van der Waals surface area contributed by atoms with Gasteiger partial charge in [-0.1, -0.05) is 12.1 Å². The van der Waals surface area contributed by atoms with Crippen molar-refractivity contribution < 1.29 is 23.9 Å². The molecule has 0 spiro atoms. The lowest BCUT2D eigenvalue weighted by atomic mass is 9.81. The Morgan fingerprint density at radius 1 is 1.03 bits per heavy atom. The molecule has 1 aromatic heterocycles. The number of ketones is 1. The Morgan fingerprint density at radius 2 is 1.74 bits per heavy atom. The first-order chi connectivity index (χ1) is 16.4. The Balaban J connectivity index is 1.52. The first-order valence-corrected chi connectivity index (χ1v) is 10.9. The van der Waals surface area contributed by atoms with E-state index < -0.39 is 17.4 Å². The smallest absolute Gasteiger partial charge is 0.338 e. The fraction of sp³-hybridized carbons (Fsp3) is 0.231. The van der Waals surface area contributed by atoms with Crippen LogP contribution in [0.2, 0.25) is 0 Å². The number of hydrogen-bond acceptors (Lipinski definition) is 6. The van der Waals surface area contributed by atoms with Gasteiger partial charge in [0.15, 0.2) is 5.78 Å². The van der Waals surface area contributed by atoms with Crippen LogP contribution in [-0.4, -0.2) is 36.4 Å². The monoisotopic (exact) mass is 460 g/mol. The number of H-pyrrole nitrogens is 1. The van der Waals surface area contributed by atoms with Gasteiger partial charge in [-0.25, -0.2) is 4.79 Å². The molecule has 0 radical (unpaired) electrons. The predicted molar refractivity (Wildman–Crippen MR) is 126 cm³/mol. The highest BCUT2D eigenvalue weighted by Crippen LogP contribution is 2.32. The molecule has 1 amide bonds. The van der Waals surface area contributed by atoms with Gasteiger partial charge in [-0.05, 0) is 67.3 Å². The zero-order chi connectivity index (χ0) is 24.2. The molecule has 1 atom stereocenters. The van der Waals surface area contributed by atoms with E-state index in [0.29, 0.717) is 28.9 Å². The largest absolute Gasteiger partial charge is 0.497 e. The van der Waals surface area contributed by atoms with Gasteiger partial charge in [-0.2, -0.15) is 0 Å². The third-order valence-electron chi connectivity index (χ3n) is 5.79. The van der Waals surface area contributed by atoms with E-state index in [1.165, 1.54) is 18.2 Å². The summed E-state index contributed by atoms with van der Waals surface area (Å²) in [5, 5.41) is 2.63. The first-order valence-electron chi connectivity index (χ1n) is 10.9. The molecule has 174 valence electrons. The first kappa shape index (κ1) is 23.0. The number of amides is 1. The van der Waals surface area contributed by atoms with Crippen molar-refractivity contribution in [1.82, 2.24) is 4.98 Å². The number of carbonyl (C=O) groups is 3. The summed E-state index contributed by atoms with van der Waals surface area (Å²) in [4.78, 5) is 52.8. The molecular weight excluding hydrogens is 436 g/mol. The minimum absolute atomic E-state index is 0.0702. The molecule has 2 N–H and O–H groups in total. The van der Waals surface area contributed by atoms with Crippen LogP contribution in [0.5, 0.6) is 5.75 Å². The molecule has 8 nitrogen and oxygen atoms in total. The van der Waals surface area contributed by atoms with Gasteiger partial charge in [0.1, 0.15) is 11.3 Å². The van der Waals surface area contributed by atoms with Crippen molar-refractivity contribution >= 4 is 23.3 Å². The normalized spacial score (nSPS) is 14.8. The van der Waals surface area contributed by atoms with Gasteiger partial charge in [0.25, 0.3) is 11.5 Å². The van der Waals surface area contributed by atoms with E-state index in [2.05, 4.69) is 10.3 Å². The van der Waals surface area contributed by atoms with Crippen molar-refractivity contribution in [3.8, 4) is 5.75 Å². The van der Waals surface area contributed by atoms with E-state index in [9.17, 15) is 19.2 Å². The summed E-state index contributed by atoms with van der Waals surface area (Å²) >= 11 is 0. The zero-order valence-electron chi connectivity index (χ0n) is 18.8. The van der Waals surface area contributed by atoms with Crippen LogP contribution in [0.15, 0.2) is 59.4 Å². The summed E-state index contributed by atoms with van der Waals surface area (Å²) in [7, 11) is 1.59. The van der Waals surface area contributed by atoms with Crippen molar-refractivity contribution in [3.63, 3.8) is 0 Å². The van der Waals surface area contributed by atoms with Gasteiger partial charge in [-0.15, -0.1) is 0 Å². The van der Waals surface area contributed by atoms with Gasteiger partial charge in [0, 0.05) is 23.4 Å². The molecule has 3 aromatic rings. The molecule has 34 heavy (non-hydrogen) atoms. The van der Waals surface area contributed by atoms with Crippen molar-refractivity contribution in [2.45, 2.75) is 25.7 Å². The van der Waals surface area contributed by atoms with Crippen LogP contribution < -0.4 is 15.6 Å². The SMILES string of the molecule is CCOC(=O)c1ccc(NC(=O)c2cc3c([nH]c2=O)CC(c2ccc(OC)cc2)CC3=O)cc1. The Labute approximate surface area is 195 Å². The number of Topliss-reactive ketones (excluding diaryl/α,β-unsaturated/α-hetero) is 1. The van der Waals surface area contributed by atoms with Crippen LogP contribution in [0.25, 0.3) is 0 Å². The molecule has 1 unspecified atom stereocenters. The van der Waals surface area contributed by atoms with Crippen molar-refractivity contribution in [3.05, 3.63) is 92.9 Å². The highest BCUT2D eigenvalue weighted by atomic mass is 16.5. The standard InChI is InChI=1S/C26H24N2O6/c1-3-34-26(32)16-4-8-18(9-5-16)27-24(30)21-14-20-22(28-25(21)31)12-17(13-23(20)29)15-6-10-19(33-2)11-7-15/h4-11,14,17H,3,12-13H2,1-2H3,(H,27,30)(H,28,31). The second-order valence-corrected chi connectivity index (χ2v) is 7.96. The van der Waals surface area contributed by atoms with Crippen LogP contribution in [-0.2, 0) is 11.2 Å². The molecule has 4 rings (SSSR count). The second-order valence-electron chi connectivity index (χ2n) is 7.96. The molecule has 1 aliphatic carbocycles. The number of nitrogens with one attached hydrogen (secondary N) is 2. The van der Waals surface area contributed by atoms with Crippen LogP contribution in [0.3, 0.4) is 0 Å². The Kier molecular flexibility index (Phi) is 6.58. The van der Waals surface area contributed by atoms with E-state index >= 15 is 0 Å². The summed E-state index contributed by atoms with van der Waals surface area (Å²) in [5.41, 5.74) is 1.90. The minimum atomic E-state index is -0.641. The van der Waals surface area contributed by atoms with Gasteiger partial charge in [0.2, 0.25) is 0 Å². The highest BCUT2D eigenvalue weighted by molar-refractivity contribution is 6.07. The number of aromatic amines is 1. The number of benzene rings is 2. The lowest BCUT2D eigenvalue weighted by molar-refractivity contribution is 0.0526. The second kappa shape index (κ2) is 9.74. The topological polar surface area (TPSA) is 115 Å². The quantitative estimate of drug-likeness (QED) is 0.542. The number of pyridine rings is 1. The zero-order valence-corrected chi connectivity index (χ0v) is 18.8. The maximum absolute atomic E-state index is 12.9. The third-order valence-corrected chi connectivity index (χ3v) is 5.79. The van der Waals surface area contributed by atoms with Crippen LogP contribution in [0.1, 0.15) is 61.6 Å². The van der Waals surface area contributed by atoms with E-state index in [0.717, 1.165) is 11.3 Å². The molecule has 0 fully saturated rings. The van der Waals surface area contributed by atoms with E-state index in [4.69, 9.17) is 9.47 Å². The van der Waals surface area contributed by atoms with Gasteiger partial charge in [0.05, 0.1) is 19.3 Å². The number of hydrogen-bond donors (Lipinski definition) is 2. The Bertz CT molecular complexity index is 1290. The van der Waals surface area contributed by atoms with Crippen LogP contribution in [0, 0.1) is 0 Å². The summed E-state index contributed by atoms with van der Waals surface area (Å²) in [6.45, 7) is 1.98. The summed E-state index contributed by atoms with van der Waals surface area (Å²) in [6, 6.07) is 15.0. The molecule has 0 saturated carbocycles. The number of aromatic nitrogens is 1. The average molecular weight is 460 g/mol. The van der Waals surface area contributed by atoms with E-state index in [1.54, 1.807) is 26.2 Å². The number of carbonyl (C=O) groups excluding carboxylic acids is 3. The van der Waals surface area contributed by atoms with Gasteiger partial charge < -0.3 is 19.8 Å². The molecule has 0 saturated heterocycles. The Hall–Kier alpha value is -4.20. The lowest BCUT2D eigenvalue weighted by Crippen LogP contribution is -2.29. The third kappa shape index (κ3) is 4.76. The summed E-state index contributed by atoms with van der Waals surface area (Å²) in [5.74, 6) is -0.577. The number of esters is 1. The molecule has 8 heteroatoms. The number of methoxy groups -OCH3 is 1. The summed E-state index contributed by atoms with van der Waals surface area (Å²) in [6.07, 6.45) is 0.765. The van der Waals surface area contributed by atoms with Gasteiger partial charge in [-0.3, -0.25) is 14.4 Å². The fourth-order valence-electron chi connectivity index (χ4n) is 4.01. The van der Waals surface area contributed by atoms with E-state index in [-0.39, 0.29) is 30.3 Å². The fourth-order valence-corrected chi connectivity index (χ4v) is 4.01. The Morgan fingerprint density at radius 3 is 2.38 bits per heavy atom. The van der Waals surface area contributed by atoms with Crippen LogP contribution in [0.4, 0.5) is 5.69 Å². The minimum Gasteiger partial charge on any atom is -0.497 e. The lowest BCUT2D eigenvalue weighted by Gasteiger charge is -2.24. The molecule has 1 heterocycles. The maximum Gasteiger partial charge on any atom is 0.338 e. The maximum atomic E-state index is 12.9. The molecular formula is C26H24N2O6. The molecule has 2 aromatic carbocycles. The number of fused-ring (bicyclic) bond motifs is 1. The van der Waals surface area contributed by atoms with Crippen molar-refractivity contribution in [1.29, 1.82) is 0 Å². The summed E-state index contributed by atoms with van der Waals surface area (Å²) < 4.78 is 10.1. The molecule has 0 bridgehead atoms. The number of anilines is 1. The number of rotatable bonds is 6.